The zero-order chi connectivity index (χ0) is 21.5. The maximum absolute atomic E-state index is 12.6. The van der Waals surface area contributed by atoms with E-state index in [1.54, 1.807) is 29.2 Å². The second-order valence-corrected chi connectivity index (χ2v) is 7.60. The minimum absolute atomic E-state index is 0.0246. The van der Waals surface area contributed by atoms with E-state index in [1.165, 1.54) is 0 Å². The van der Waals surface area contributed by atoms with Gasteiger partial charge in [0.2, 0.25) is 11.8 Å². The lowest BCUT2D eigenvalue weighted by Crippen LogP contribution is -2.39. The van der Waals surface area contributed by atoms with E-state index in [1.807, 2.05) is 62.4 Å². The predicted molar refractivity (Wildman–Crippen MR) is 123 cm³/mol. The molecule has 3 rings (SSSR count). The van der Waals surface area contributed by atoms with Crippen LogP contribution in [0, 0.1) is 13.8 Å². The largest absolute Gasteiger partial charge is 0.353 e. The molecule has 2 amide bonds. The average Bonchev–Trinajstić information content (AvgIpc) is 2.71. The van der Waals surface area contributed by atoms with Crippen molar-refractivity contribution >= 4 is 40.5 Å². The van der Waals surface area contributed by atoms with Crippen LogP contribution in [-0.2, 0) is 9.59 Å². The van der Waals surface area contributed by atoms with Gasteiger partial charge in [0, 0.05) is 22.1 Å². The van der Waals surface area contributed by atoms with Crippen LogP contribution in [0.3, 0.4) is 0 Å². The number of nitrogens with one attached hydrogen (secondary N) is 2. The number of carbonyl (C=O) groups is 2. The number of hydrogen-bond donors (Lipinski definition) is 2. The molecule has 2 N–H and O–H groups in total. The Kier molecular flexibility index (Phi) is 7.09. The van der Waals surface area contributed by atoms with Crippen molar-refractivity contribution in [3.63, 3.8) is 0 Å². The maximum Gasteiger partial charge on any atom is 0.243 e. The Morgan fingerprint density at radius 1 is 0.700 bits per heavy atom. The summed E-state index contributed by atoms with van der Waals surface area (Å²) >= 11 is 5.99. The first-order valence-corrected chi connectivity index (χ1v) is 10.0. The van der Waals surface area contributed by atoms with Crippen molar-refractivity contribution in [3.05, 3.63) is 88.9 Å². The van der Waals surface area contributed by atoms with Gasteiger partial charge in [0.1, 0.15) is 0 Å². The lowest BCUT2D eigenvalue weighted by atomic mass is 10.2. The predicted octanol–water partition coefficient (Wildman–Crippen LogP) is 5.04. The van der Waals surface area contributed by atoms with Crippen molar-refractivity contribution in [3.8, 4) is 0 Å². The fraction of sp³-hybridized carbons (Fsp3) is 0.167. The fourth-order valence-corrected chi connectivity index (χ4v) is 3.04. The highest BCUT2D eigenvalue weighted by Crippen LogP contribution is 2.19. The fourth-order valence-electron chi connectivity index (χ4n) is 2.91. The molecule has 0 aromatic heterocycles. The van der Waals surface area contributed by atoms with Gasteiger partial charge in [-0.05, 0) is 62.4 Å². The molecule has 0 saturated carbocycles. The third kappa shape index (κ3) is 6.36. The highest BCUT2D eigenvalue weighted by atomic mass is 35.5. The van der Waals surface area contributed by atoms with Crippen molar-refractivity contribution in [2.45, 2.75) is 13.8 Å². The number of nitrogens with zero attached hydrogens (tertiary/aromatic N) is 1. The maximum atomic E-state index is 12.6. The number of halogens is 1. The summed E-state index contributed by atoms with van der Waals surface area (Å²) in [6.45, 7) is 4.02. The number of hydrogen-bond acceptors (Lipinski definition) is 3. The van der Waals surface area contributed by atoms with Gasteiger partial charge in [0.15, 0.2) is 0 Å². The second kappa shape index (κ2) is 9.94. The van der Waals surface area contributed by atoms with E-state index in [4.69, 9.17) is 11.6 Å². The van der Waals surface area contributed by atoms with E-state index in [0.717, 1.165) is 16.8 Å². The van der Waals surface area contributed by atoms with Crippen molar-refractivity contribution in [1.82, 2.24) is 0 Å². The molecule has 3 aromatic rings. The lowest BCUT2D eigenvalue weighted by Gasteiger charge is -2.24. The molecule has 0 saturated heterocycles. The summed E-state index contributed by atoms with van der Waals surface area (Å²) in [7, 11) is 0. The Morgan fingerprint density at radius 2 is 1.10 bits per heavy atom. The van der Waals surface area contributed by atoms with Crippen molar-refractivity contribution in [2.75, 3.05) is 28.6 Å². The van der Waals surface area contributed by atoms with Crippen molar-refractivity contribution in [2.24, 2.45) is 0 Å². The van der Waals surface area contributed by atoms with E-state index < -0.39 is 0 Å². The van der Waals surface area contributed by atoms with Crippen LogP contribution in [0.15, 0.2) is 72.8 Å². The van der Waals surface area contributed by atoms with Crippen molar-refractivity contribution < 1.29 is 9.59 Å². The van der Waals surface area contributed by atoms with Gasteiger partial charge in [-0.15, -0.1) is 0 Å². The van der Waals surface area contributed by atoms with Crippen LogP contribution in [-0.4, -0.2) is 24.9 Å². The summed E-state index contributed by atoms with van der Waals surface area (Å²) in [6.07, 6.45) is 0. The summed E-state index contributed by atoms with van der Waals surface area (Å²) in [5, 5.41) is 6.33. The Bertz CT molecular complexity index is 939. The zero-order valence-electron chi connectivity index (χ0n) is 17.0. The first-order valence-electron chi connectivity index (χ1n) is 9.62. The molecule has 0 atom stereocenters. The van der Waals surface area contributed by atoms with Gasteiger partial charge in [-0.25, -0.2) is 0 Å². The van der Waals surface area contributed by atoms with Crippen LogP contribution < -0.4 is 15.5 Å². The summed E-state index contributed by atoms with van der Waals surface area (Å²) < 4.78 is 0. The minimum atomic E-state index is -0.211. The third-order valence-corrected chi connectivity index (χ3v) is 4.78. The topological polar surface area (TPSA) is 61.4 Å². The molecule has 6 heteroatoms. The Morgan fingerprint density at radius 3 is 1.50 bits per heavy atom. The molecule has 30 heavy (non-hydrogen) atoms. The van der Waals surface area contributed by atoms with E-state index >= 15 is 0 Å². The molecule has 0 aliphatic heterocycles. The summed E-state index contributed by atoms with van der Waals surface area (Å²) in [5.41, 5.74) is 4.39. The molecule has 0 unspecified atom stereocenters. The quantitative estimate of drug-likeness (QED) is 0.561. The molecule has 0 bridgehead atoms. The van der Waals surface area contributed by atoms with Crippen LogP contribution in [0.5, 0.6) is 0 Å². The molecule has 0 aliphatic carbocycles. The highest BCUT2D eigenvalue weighted by molar-refractivity contribution is 6.30. The Labute approximate surface area is 181 Å². The monoisotopic (exact) mass is 421 g/mol. The highest BCUT2D eigenvalue weighted by Gasteiger charge is 2.16. The average molecular weight is 422 g/mol. The van der Waals surface area contributed by atoms with Crippen LogP contribution >= 0.6 is 11.6 Å². The number of anilines is 3. The number of rotatable bonds is 7. The molecule has 0 spiro atoms. The van der Waals surface area contributed by atoms with E-state index in [9.17, 15) is 9.59 Å². The molecular weight excluding hydrogens is 398 g/mol. The Balaban J connectivity index is 1.70. The Hall–Kier alpha value is -3.31. The lowest BCUT2D eigenvalue weighted by molar-refractivity contribution is -0.115. The van der Waals surface area contributed by atoms with E-state index in [2.05, 4.69) is 10.6 Å². The number of carbonyl (C=O) groups excluding carboxylic acids is 2. The first-order chi connectivity index (χ1) is 14.4. The smallest absolute Gasteiger partial charge is 0.243 e. The molecule has 5 nitrogen and oxygen atoms in total. The molecule has 0 aliphatic rings. The minimum Gasteiger partial charge on any atom is -0.353 e. The standard InChI is InChI=1S/C24H24ClN3O2/c1-17-3-9-20(10-4-17)26-23(29)15-28(22-13-7-19(25)8-14-22)16-24(30)27-21-11-5-18(2)6-12-21/h3-14H,15-16H2,1-2H3,(H,26,29)(H,27,30). The van der Waals surface area contributed by atoms with Gasteiger partial charge in [-0.3, -0.25) is 9.59 Å². The molecule has 154 valence electrons. The van der Waals surface area contributed by atoms with Gasteiger partial charge in [0.05, 0.1) is 13.1 Å². The molecule has 0 fully saturated rings. The molecule has 0 radical (unpaired) electrons. The van der Waals surface area contributed by atoms with Crippen LogP contribution in [0.2, 0.25) is 5.02 Å². The number of amides is 2. The zero-order valence-corrected chi connectivity index (χ0v) is 17.7. The van der Waals surface area contributed by atoms with Gasteiger partial charge in [-0.1, -0.05) is 47.0 Å². The van der Waals surface area contributed by atoms with Crippen LogP contribution in [0.1, 0.15) is 11.1 Å². The van der Waals surface area contributed by atoms with Crippen LogP contribution in [0.25, 0.3) is 0 Å². The first kappa shape index (κ1) is 21.4. The van der Waals surface area contributed by atoms with E-state index in [0.29, 0.717) is 16.4 Å². The van der Waals surface area contributed by atoms with Gasteiger partial charge in [-0.2, -0.15) is 0 Å². The molecule has 0 heterocycles. The van der Waals surface area contributed by atoms with Crippen LogP contribution in [0.4, 0.5) is 17.1 Å². The van der Waals surface area contributed by atoms with Crippen molar-refractivity contribution in [1.29, 1.82) is 0 Å². The molecular formula is C24H24ClN3O2. The second-order valence-electron chi connectivity index (χ2n) is 7.16. The van der Waals surface area contributed by atoms with Gasteiger partial charge < -0.3 is 15.5 Å². The van der Waals surface area contributed by atoms with E-state index in [-0.39, 0.29) is 24.9 Å². The summed E-state index contributed by atoms with van der Waals surface area (Å²) in [5.74, 6) is -0.422. The number of benzene rings is 3. The summed E-state index contributed by atoms with van der Waals surface area (Å²) in [4.78, 5) is 26.9. The van der Waals surface area contributed by atoms with Gasteiger partial charge in [0.25, 0.3) is 0 Å². The SMILES string of the molecule is Cc1ccc(NC(=O)CN(CC(=O)Nc2ccc(C)cc2)c2ccc(Cl)cc2)cc1. The summed E-state index contributed by atoms with van der Waals surface area (Å²) in [6, 6.07) is 22.2. The van der Waals surface area contributed by atoms with Gasteiger partial charge >= 0.3 is 0 Å². The third-order valence-electron chi connectivity index (χ3n) is 4.53. The molecule has 3 aromatic carbocycles. The number of aryl methyl sites for hydroxylation is 2. The normalized spacial score (nSPS) is 10.4.